The van der Waals surface area contributed by atoms with Gasteiger partial charge in [-0.15, -0.1) is 0 Å². The van der Waals surface area contributed by atoms with Gasteiger partial charge >= 0.3 is 12.1 Å². The number of ether oxygens (including phenoxy) is 2. The normalized spacial score (nSPS) is 11.0. The minimum Gasteiger partial charge on any atom is -0.482 e. The molecule has 0 aliphatic carbocycles. The molecule has 49 heavy (non-hydrogen) atoms. The maximum Gasteiger partial charge on any atom is 0.417 e. The van der Waals surface area contributed by atoms with Crippen molar-refractivity contribution in [3.8, 4) is 17.2 Å². The Morgan fingerprint density at radius 1 is 0.653 bits per heavy atom. The zero-order chi connectivity index (χ0) is 34.8. The summed E-state index contributed by atoms with van der Waals surface area (Å²) in [5, 5.41) is 11.7. The molecule has 0 fully saturated rings. The average molecular weight is 669 g/mol. The molecule has 8 nitrogen and oxygen atoms in total. The molecule has 250 valence electrons. The molecule has 0 spiro atoms. The summed E-state index contributed by atoms with van der Waals surface area (Å²) in [5.41, 5.74) is 0.853. The monoisotopic (exact) mass is 668 g/mol. The summed E-state index contributed by atoms with van der Waals surface area (Å²) in [4.78, 5) is 38.6. The molecule has 0 bridgehead atoms. The first kappa shape index (κ1) is 34.2. The van der Waals surface area contributed by atoms with Crippen molar-refractivity contribution in [1.29, 1.82) is 0 Å². The van der Waals surface area contributed by atoms with Crippen LogP contribution in [0.4, 0.5) is 13.2 Å². The lowest BCUT2D eigenvalue weighted by atomic mass is 10.0. The Morgan fingerprint density at radius 3 is 1.80 bits per heavy atom. The van der Waals surface area contributed by atoms with E-state index in [4.69, 9.17) is 14.6 Å². The number of carboxylic acids is 1. The van der Waals surface area contributed by atoms with Gasteiger partial charge in [0, 0.05) is 25.2 Å². The fourth-order valence-electron chi connectivity index (χ4n) is 4.91. The van der Waals surface area contributed by atoms with Gasteiger partial charge in [-0.2, -0.15) is 13.2 Å². The minimum absolute atomic E-state index is 0.0539. The van der Waals surface area contributed by atoms with Gasteiger partial charge in [-0.3, -0.25) is 9.59 Å². The molecular weight excluding hydrogens is 637 g/mol. The lowest BCUT2D eigenvalue weighted by molar-refractivity contribution is -0.139. The van der Waals surface area contributed by atoms with Gasteiger partial charge in [0.2, 0.25) is 0 Å². The van der Waals surface area contributed by atoms with Crippen LogP contribution in [0.15, 0.2) is 127 Å². The van der Waals surface area contributed by atoms with Crippen molar-refractivity contribution in [3.63, 3.8) is 0 Å². The van der Waals surface area contributed by atoms with Gasteiger partial charge in [-0.1, -0.05) is 66.7 Å². The molecule has 0 aliphatic heterocycles. The van der Waals surface area contributed by atoms with Crippen molar-refractivity contribution < 1.29 is 42.1 Å². The number of aliphatic carboxylic acids is 1. The highest BCUT2D eigenvalue weighted by Gasteiger charge is 2.36. The number of halogens is 3. The number of hydrogen-bond donors (Lipinski definition) is 2. The van der Waals surface area contributed by atoms with E-state index in [1.165, 1.54) is 29.2 Å². The fourth-order valence-corrected chi connectivity index (χ4v) is 4.91. The van der Waals surface area contributed by atoms with Gasteiger partial charge in [-0.25, -0.2) is 4.79 Å². The molecule has 2 amide bonds. The largest absolute Gasteiger partial charge is 0.482 e. The molecule has 0 saturated carbocycles. The molecule has 0 heterocycles. The number of carbonyl (C=O) groups is 3. The van der Waals surface area contributed by atoms with Crippen LogP contribution in [-0.2, 0) is 30.6 Å². The molecule has 0 radical (unpaired) electrons. The van der Waals surface area contributed by atoms with Crippen LogP contribution in [-0.4, -0.2) is 34.4 Å². The van der Waals surface area contributed by atoms with Crippen LogP contribution in [0, 0.1) is 0 Å². The maximum absolute atomic E-state index is 13.8. The highest BCUT2D eigenvalue weighted by molar-refractivity contribution is 5.96. The van der Waals surface area contributed by atoms with Gasteiger partial charge in [0.15, 0.2) is 6.61 Å². The number of para-hydroxylation sites is 1. The first-order valence-corrected chi connectivity index (χ1v) is 15.1. The zero-order valence-electron chi connectivity index (χ0n) is 26.0. The van der Waals surface area contributed by atoms with E-state index < -0.39 is 35.8 Å². The van der Waals surface area contributed by atoms with E-state index in [0.29, 0.717) is 28.2 Å². The van der Waals surface area contributed by atoms with Gasteiger partial charge in [-0.05, 0) is 77.4 Å². The first-order valence-electron chi connectivity index (χ1n) is 15.1. The standard InChI is InChI=1S/C38H31F3N2O6/c39-38(40,41)34-9-5-4-8-33(34)37(47)43(24-28-14-18-30(19-15-28)48-25-35(44)45)23-27-10-16-29(17-11-27)36(46)42-22-26-12-20-32(21-13-26)49-31-6-2-1-3-7-31/h1-21H,22-25H2,(H,42,46)(H,44,45). The van der Waals surface area contributed by atoms with Crippen molar-refractivity contribution in [2.24, 2.45) is 0 Å². The number of nitrogens with zero attached hydrogens (tertiary/aromatic N) is 1. The molecule has 11 heteroatoms. The predicted octanol–water partition coefficient (Wildman–Crippen LogP) is 7.73. The van der Waals surface area contributed by atoms with Crippen LogP contribution in [0.2, 0.25) is 0 Å². The summed E-state index contributed by atoms with van der Waals surface area (Å²) in [7, 11) is 0. The van der Waals surface area contributed by atoms with E-state index in [1.807, 2.05) is 54.6 Å². The topological polar surface area (TPSA) is 105 Å². The fraction of sp³-hybridized carbons (Fsp3) is 0.132. The predicted molar refractivity (Wildman–Crippen MR) is 175 cm³/mol. The SMILES string of the molecule is O=C(O)COc1ccc(CN(Cc2ccc(C(=O)NCc3ccc(Oc4ccccc4)cc3)cc2)C(=O)c2ccccc2C(F)(F)F)cc1. The zero-order valence-corrected chi connectivity index (χ0v) is 26.0. The van der Waals surface area contributed by atoms with E-state index in [2.05, 4.69) is 5.32 Å². The summed E-state index contributed by atoms with van der Waals surface area (Å²) in [6.07, 6.45) is -4.74. The number of amides is 2. The van der Waals surface area contributed by atoms with Crippen LogP contribution in [0.1, 0.15) is 43.0 Å². The Balaban J connectivity index is 1.26. The van der Waals surface area contributed by atoms with Gasteiger partial charge in [0.1, 0.15) is 17.2 Å². The molecule has 0 saturated heterocycles. The van der Waals surface area contributed by atoms with E-state index in [1.54, 1.807) is 36.4 Å². The Kier molecular flexibility index (Phi) is 10.9. The third-order valence-corrected chi connectivity index (χ3v) is 7.35. The lowest BCUT2D eigenvalue weighted by Crippen LogP contribution is -2.32. The molecule has 5 rings (SSSR count). The highest BCUT2D eigenvalue weighted by Crippen LogP contribution is 2.33. The number of carbonyl (C=O) groups excluding carboxylic acids is 2. The van der Waals surface area contributed by atoms with Crippen LogP contribution in [0.3, 0.4) is 0 Å². The van der Waals surface area contributed by atoms with Gasteiger partial charge in [0.25, 0.3) is 11.8 Å². The van der Waals surface area contributed by atoms with Gasteiger partial charge < -0.3 is 24.8 Å². The molecule has 2 N–H and O–H groups in total. The second kappa shape index (κ2) is 15.7. The molecule has 0 unspecified atom stereocenters. The molecule has 0 atom stereocenters. The Labute approximate surface area is 280 Å². The summed E-state index contributed by atoms with van der Waals surface area (Å²) in [6.45, 7) is -0.375. The lowest BCUT2D eigenvalue weighted by Gasteiger charge is -2.25. The number of carboxylic acid groups (broad SMARTS) is 1. The Hall–Kier alpha value is -6.10. The van der Waals surface area contributed by atoms with Crippen molar-refractivity contribution in [1.82, 2.24) is 10.2 Å². The smallest absolute Gasteiger partial charge is 0.417 e. The van der Waals surface area contributed by atoms with Crippen LogP contribution < -0.4 is 14.8 Å². The molecule has 0 aliphatic rings. The first-order chi connectivity index (χ1) is 23.5. The Morgan fingerprint density at radius 2 is 1.18 bits per heavy atom. The van der Waals surface area contributed by atoms with E-state index in [-0.39, 0.29) is 31.3 Å². The van der Waals surface area contributed by atoms with Crippen LogP contribution >= 0.6 is 0 Å². The average Bonchev–Trinajstić information content (AvgIpc) is 3.10. The summed E-state index contributed by atoms with van der Waals surface area (Å²) >= 11 is 0. The summed E-state index contributed by atoms with van der Waals surface area (Å²) in [6, 6.07) is 34.0. The van der Waals surface area contributed by atoms with Crippen LogP contribution in [0.5, 0.6) is 17.2 Å². The Bertz CT molecular complexity index is 1880. The summed E-state index contributed by atoms with van der Waals surface area (Å²) < 4.78 is 52.4. The third kappa shape index (κ3) is 9.71. The number of alkyl halides is 3. The number of rotatable bonds is 13. The highest BCUT2D eigenvalue weighted by atomic mass is 19.4. The van der Waals surface area contributed by atoms with E-state index in [0.717, 1.165) is 17.7 Å². The summed E-state index contributed by atoms with van der Waals surface area (Å²) in [5.74, 6) is -0.644. The number of nitrogens with one attached hydrogen (secondary N) is 1. The molecule has 5 aromatic carbocycles. The second-order valence-corrected chi connectivity index (χ2v) is 11.0. The van der Waals surface area contributed by atoms with Crippen molar-refractivity contribution in [3.05, 3.63) is 161 Å². The van der Waals surface area contributed by atoms with E-state index in [9.17, 15) is 27.6 Å². The van der Waals surface area contributed by atoms with Gasteiger partial charge in [0.05, 0.1) is 11.1 Å². The number of benzene rings is 5. The molecule has 5 aromatic rings. The van der Waals surface area contributed by atoms with Crippen molar-refractivity contribution in [2.45, 2.75) is 25.8 Å². The minimum atomic E-state index is -4.74. The van der Waals surface area contributed by atoms with Crippen molar-refractivity contribution >= 4 is 17.8 Å². The quantitative estimate of drug-likeness (QED) is 0.133. The molecule has 0 aromatic heterocycles. The molecular formula is C38H31F3N2O6. The third-order valence-electron chi connectivity index (χ3n) is 7.35. The second-order valence-electron chi connectivity index (χ2n) is 11.0. The van der Waals surface area contributed by atoms with Crippen molar-refractivity contribution in [2.75, 3.05) is 6.61 Å². The van der Waals surface area contributed by atoms with Crippen LogP contribution in [0.25, 0.3) is 0 Å². The maximum atomic E-state index is 13.8. The van der Waals surface area contributed by atoms with E-state index >= 15 is 0 Å². The number of hydrogen-bond acceptors (Lipinski definition) is 5.